The summed E-state index contributed by atoms with van der Waals surface area (Å²) in [5.74, 6) is 0.676. The summed E-state index contributed by atoms with van der Waals surface area (Å²) in [6.45, 7) is 8.92. The lowest BCUT2D eigenvalue weighted by molar-refractivity contribution is 0.154. The molecule has 0 aromatic heterocycles. The highest BCUT2D eigenvalue weighted by molar-refractivity contribution is 5.33. The van der Waals surface area contributed by atoms with E-state index < -0.39 is 0 Å². The summed E-state index contributed by atoms with van der Waals surface area (Å²) in [5, 5.41) is 12.3. The maximum Gasteiger partial charge on any atom is 0.0991 e. The van der Waals surface area contributed by atoms with Crippen molar-refractivity contribution in [1.29, 1.82) is 5.26 Å². The molecule has 1 aromatic carbocycles. The molecule has 102 valence electrons. The van der Waals surface area contributed by atoms with Crippen LogP contribution < -0.4 is 5.32 Å². The number of nitrogens with one attached hydrogen (secondary N) is 1. The molecule has 0 saturated carbocycles. The van der Waals surface area contributed by atoms with Gasteiger partial charge in [0.1, 0.15) is 0 Å². The fraction of sp³-hybridized carbons (Fsp3) is 0.562. The van der Waals surface area contributed by atoms with Gasteiger partial charge in [0.15, 0.2) is 0 Å². The Labute approximate surface area is 116 Å². The molecule has 19 heavy (non-hydrogen) atoms. The van der Waals surface area contributed by atoms with Gasteiger partial charge in [-0.1, -0.05) is 26.0 Å². The minimum Gasteiger partial charge on any atom is -0.314 e. The molecule has 2 rings (SSSR count). The average molecular weight is 257 g/mol. The maximum absolute atomic E-state index is 8.89. The van der Waals surface area contributed by atoms with Crippen LogP contribution in [0.2, 0.25) is 0 Å². The number of rotatable bonds is 4. The van der Waals surface area contributed by atoms with Gasteiger partial charge in [0.2, 0.25) is 0 Å². The van der Waals surface area contributed by atoms with Gasteiger partial charge in [-0.2, -0.15) is 5.26 Å². The van der Waals surface area contributed by atoms with Crippen molar-refractivity contribution >= 4 is 0 Å². The third-order valence-corrected chi connectivity index (χ3v) is 3.71. The number of hydrogen-bond donors (Lipinski definition) is 1. The highest BCUT2D eigenvalue weighted by atomic mass is 15.2. The van der Waals surface area contributed by atoms with Crippen LogP contribution in [0.15, 0.2) is 24.3 Å². The second-order valence-electron chi connectivity index (χ2n) is 5.67. The molecule has 1 aromatic rings. The summed E-state index contributed by atoms with van der Waals surface area (Å²) in [4.78, 5) is 2.57. The van der Waals surface area contributed by atoms with E-state index in [0.29, 0.717) is 12.0 Å². The summed E-state index contributed by atoms with van der Waals surface area (Å²) >= 11 is 0. The van der Waals surface area contributed by atoms with E-state index in [4.69, 9.17) is 5.26 Å². The van der Waals surface area contributed by atoms with Crippen LogP contribution in [-0.2, 0) is 0 Å². The molecular weight excluding hydrogens is 234 g/mol. The molecule has 0 unspecified atom stereocenters. The molecule has 1 aliphatic rings. The monoisotopic (exact) mass is 257 g/mol. The minimum atomic E-state index is 0.481. The van der Waals surface area contributed by atoms with Crippen LogP contribution in [0.3, 0.4) is 0 Å². The van der Waals surface area contributed by atoms with Crippen molar-refractivity contribution in [3.8, 4) is 6.07 Å². The largest absolute Gasteiger partial charge is 0.314 e. The molecule has 0 bridgehead atoms. The van der Waals surface area contributed by atoms with Gasteiger partial charge >= 0.3 is 0 Å². The molecule has 1 fully saturated rings. The lowest BCUT2D eigenvalue weighted by atomic mass is 9.94. The molecule has 1 N–H and O–H groups in total. The number of nitriles is 1. The summed E-state index contributed by atoms with van der Waals surface area (Å²) < 4.78 is 0. The number of benzene rings is 1. The van der Waals surface area contributed by atoms with E-state index in [1.807, 2.05) is 12.1 Å². The first-order valence-corrected chi connectivity index (χ1v) is 7.15. The Morgan fingerprint density at radius 2 is 1.84 bits per heavy atom. The SMILES string of the molecule is CC(C)C[C@@H](c1ccc(C#N)cc1)N1CCNCC1. The average Bonchev–Trinajstić information content (AvgIpc) is 2.46. The molecule has 0 aliphatic carbocycles. The zero-order valence-corrected chi connectivity index (χ0v) is 11.9. The molecule has 3 nitrogen and oxygen atoms in total. The van der Waals surface area contributed by atoms with Crippen molar-refractivity contribution < 1.29 is 0 Å². The zero-order valence-electron chi connectivity index (χ0n) is 11.9. The van der Waals surface area contributed by atoms with Gasteiger partial charge < -0.3 is 5.32 Å². The Bertz CT molecular complexity index is 424. The first kappa shape index (κ1) is 14.0. The third kappa shape index (κ3) is 3.79. The fourth-order valence-corrected chi connectivity index (χ4v) is 2.72. The molecule has 0 radical (unpaired) electrons. The second kappa shape index (κ2) is 6.70. The predicted octanol–water partition coefficient (Wildman–Crippen LogP) is 2.55. The van der Waals surface area contributed by atoms with Gasteiger partial charge in [-0.3, -0.25) is 4.90 Å². The topological polar surface area (TPSA) is 39.1 Å². The number of piperazine rings is 1. The van der Waals surface area contributed by atoms with Crippen molar-refractivity contribution in [2.45, 2.75) is 26.3 Å². The quantitative estimate of drug-likeness (QED) is 0.901. The van der Waals surface area contributed by atoms with Gasteiger partial charge in [0, 0.05) is 32.2 Å². The van der Waals surface area contributed by atoms with Crippen LogP contribution >= 0.6 is 0 Å². The highest BCUT2D eigenvalue weighted by Gasteiger charge is 2.22. The molecule has 1 saturated heterocycles. The molecule has 1 atom stereocenters. The third-order valence-electron chi connectivity index (χ3n) is 3.71. The predicted molar refractivity (Wildman–Crippen MR) is 77.8 cm³/mol. The number of nitrogens with zero attached hydrogens (tertiary/aromatic N) is 2. The van der Waals surface area contributed by atoms with E-state index in [1.54, 1.807) is 0 Å². The van der Waals surface area contributed by atoms with E-state index >= 15 is 0 Å². The standard InChI is InChI=1S/C16H23N3/c1-13(2)11-16(19-9-7-18-8-10-19)15-5-3-14(12-17)4-6-15/h3-6,13,16,18H,7-11H2,1-2H3/t16-/m0/s1. The molecule has 3 heteroatoms. The highest BCUT2D eigenvalue weighted by Crippen LogP contribution is 2.28. The zero-order chi connectivity index (χ0) is 13.7. The van der Waals surface area contributed by atoms with Crippen LogP contribution in [0.25, 0.3) is 0 Å². The Morgan fingerprint density at radius 1 is 1.21 bits per heavy atom. The summed E-state index contributed by atoms with van der Waals surface area (Å²) in [6.07, 6.45) is 1.17. The van der Waals surface area contributed by atoms with Gasteiger partial charge in [-0.25, -0.2) is 0 Å². The normalized spacial score (nSPS) is 18.2. The Balaban J connectivity index is 2.17. The number of hydrogen-bond acceptors (Lipinski definition) is 3. The van der Waals surface area contributed by atoms with E-state index in [2.05, 4.69) is 42.3 Å². The lowest BCUT2D eigenvalue weighted by Crippen LogP contribution is -2.45. The van der Waals surface area contributed by atoms with Crippen LogP contribution in [0.1, 0.15) is 37.4 Å². The van der Waals surface area contributed by atoms with Crippen LogP contribution in [0, 0.1) is 17.2 Å². The first-order chi connectivity index (χ1) is 9.20. The van der Waals surface area contributed by atoms with Crippen molar-refractivity contribution in [1.82, 2.24) is 10.2 Å². The minimum absolute atomic E-state index is 0.481. The Kier molecular flexibility index (Phi) is 4.95. The van der Waals surface area contributed by atoms with Gasteiger partial charge in [-0.15, -0.1) is 0 Å². The fourth-order valence-electron chi connectivity index (χ4n) is 2.72. The van der Waals surface area contributed by atoms with E-state index in [0.717, 1.165) is 31.7 Å². The first-order valence-electron chi connectivity index (χ1n) is 7.15. The molecule has 1 aliphatic heterocycles. The van der Waals surface area contributed by atoms with Crippen molar-refractivity contribution in [2.75, 3.05) is 26.2 Å². The van der Waals surface area contributed by atoms with E-state index in [9.17, 15) is 0 Å². The van der Waals surface area contributed by atoms with Crippen molar-refractivity contribution in [2.24, 2.45) is 5.92 Å². The van der Waals surface area contributed by atoms with Gasteiger partial charge in [0.25, 0.3) is 0 Å². The van der Waals surface area contributed by atoms with E-state index in [-0.39, 0.29) is 0 Å². The van der Waals surface area contributed by atoms with Crippen LogP contribution in [0.5, 0.6) is 0 Å². The Morgan fingerprint density at radius 3 is 2.37 bits per heavy atom. The van der Waals surface area contributed by atoms with Crippen molar-refractivity contribution in [3.05, 3.63) is 35.4 Å². The van der Waals surface area contributed by atoms with Crippen LogP contribution in [0.4, 0.5) is 0 Å². The van der Waals surface area contributed by atoms with Gasteiger partial charge in [-0.05, 0) is 30.0 Å². The van der Waals surface area contributed by atoms with E-state index in [1.165, 1.54) is 12.0 Å². The van der Waals surface area contributed by atoms with Gasteiger partial charge in [0.05, 0.1) is 11.6 Å². The van der Waals surface area contributed by atoms with Crippen LogP contribution in [-0.4, -0.2) is 31.1 Å². The molecule has 0 amide bonds. The smallest absolute Gasteiger partial charge is 0.0991 e. The Hall–Kier alpha value is -1.37. The summed E-state index contributed by atoms with van der Waals surface area (Å²) in [5.41, 5.74) is 2.09. The maximum atomic E-state index is 8.89. The second-order valence-corrected chi connectivity index (χ2v) is 5.67. The summed E-state index contributed by atoms with van der Waals surface area (Å²) in [6, 6.07) is 10.8. The van der Waals surface area contributed by atoms with Crippen molar-refractivity contribution in [3.63, 3.8) is 0 Å². The molecule has 1 heterocycles. The molecular formula is C16H23N3. The summed E-state index contributed by atoms with van der Waals surface area (Å²) in [7, 11) is 0. The molecule has 0 spiro atoms. The lowest BCUT2D eigenvalue weighted by Gasteiger charge is -2.36.